The van der Waals surface area contributed by atoms with Gasteiger partial charge in [-0.05, 0) is 44.9 Å². The van der Waals surface area contributed by atoms with E-state index in [9.17, 15) is 4.39 Å². The van der Waals surface area contributed by atoms with Gasteiger partial charge in [-0.1, -0.05) is 11.6 Å². The van der Waals surface area contributed by atoms with Crippen LogP contribution in [0.5, 0.6) is 0 Å². The zero-order valence-electron chi connectivity index (χ0n) is 12.7. The molecule has 1 aliphatic heterocycles. The number of nitriles is 1. The van der Waals surface area contributed by atoms with Crippen LogP contribution in [0.15, 0.2) is 29.8 Å². The first-order chi connectivity index (χ1) is 10.1. The summed E-state index contributed by atoms with van der Waals surface area (Å²) in [5.74, 6) is -0.459. The molecule has 0 unspecified atom stereocenters. The van der Waals surface area contributed by atoms with Crippen molar-refractivity contribution in [2.45, 2.75) is 32.7 Å². The predicted octanol–water partition coefficient (Wildman–Crippen LogP) is 3.54. The van der Waals surface area contributed by atoms with E-state index >= 15 is 0 Å². The van der Waals surface area contributed by atoms with Crippen LogP contribution in [0.3, 0.4) is 0 Å². The second-order valence-electron chi connectivity index (χ2n) is 5.81. The number of allylic oxidation sites excluding steroid dienone is 1. The molecule has 0 spiro atoms. The molecule has 1 heterocycles. The number of anilines is 1. The van der Waals surface area contributed by atoms with Gasteiger partial charge in [0, 0.05) is 31.4 Å². The molecule has 0 radical (unpaired) electrons. The Morgan fingerprint density at radius 3 is 2.76 bits per heavy atom. The minimum atomic E-state index is -0.459. The fourth-order valence-electron chi connectivity index (χ4n) is 2.51. The Balaban J connectivity index is 1.86. The van der Waals surface area contributed by atoms with Gasteiger partial charge in [-0.15, -0.1) is 0 Å². The zero-order valence-corrected chi connectivity index (χ0v) is 12.7. The summed E-state index contributed by atoms with van der Waals surface area (Å²) in [6.45, 7) is 7.39. The molecule has 0 aliphatic carbocycles. The summed E-state index contributed by atoms with van der Waals surface area (Å²) >= 11 is 0. The number of hydrogen-bond donors (Lipinski definition) is 1. The number of rotatable bonds is 4. The van der Waals surface area contributed by atoms with Gasteiger partial charge in [-0.2, -0.15) is 5.26 Å². The van der Waals surface area contributed by atoms with Gasteiger partial charge in [-0.3, -0.25) is 4.90 Å². The highest BCUT2D eigenvalue weighted by Gasteiger charge is 2.18. The molecule has 0 aromatic heterocycles. The average molecular weight is 287 g/mol. The Bertz CT molecular complexity index is 548. The minimum Gasteiger partial charge on any atom is -0.382 e. The van der Waals surface area contributed by atoms with E-state index < -0.39 is 5.82 Å². The third kappa shape index (κ3) is 4.57. The molecule has 1 fully saturated rings. The topological polar surface area (TPSA) is 39.1 Å². The van der Waals surface area contributed by atoms with Crippen LogP contribution in [0.2, 0.25) is 0 Å². The lowest BCUT2D eigenvalue weighted by Gasteiger charge is -2.32. The van der Waals surface area contributed by atoms with Crippen LogP contribution in [0.1, 0.15) is 32.3 Å². The standard InChI is InChI=1S/C17H22FN3/c1-13(2)5-8-21-9-6-15(7-10-21)20-16-3-4-17(18)14(11-16)12-19/h3-5,11,15,20H,6-10H2,1-2H3. The van der Waals surface area contributed by atoms with Crippen molar-refractivity contribution < 1.29 is 4.39 Å². The second kappa shape index (κ2) is 7.24. The highest BCUT2D eigenvalue weighted by Crippen LogP contribution is 2.19. The lowest BCUT2D eigenvalue weighted by atomic mass is 10.0. The molecule has 2 rings (SSSR count). The van der Waals surface area contributed by atoms with E-state index in [0.717, 1.165) is 38.2 Å². The smallest absolute Gasteiger partial charge is 0.141 e. The zero-order chi connectivity index (χ0) is 15.2. The van der Waals surface area contributed by atoms with Crippen molar-refractivity contribution in [1.29, 1.82) is 5.26 Å². The monoisotopic (exact) mass is 287 g/mol. The van der Waals surface area contributed by atoms with Crippen LogP contribution in [0.25, 0.3) is 0 Å². The molecule has 0 saturated carbocycles. The Labute approximate surface area is 126 Å². The maximum Gasteiger partial charge on any atom is 0.141 e. The Hall–Kier alpha value is -1.86. The van der Waals surface area contributed by atoms with Gasteiger partial charge in [0.15, 0.2) is 0 Å². The first kappa shape index (κ1) is 15.5. The average Bonchev–Trinajstić information content (AvgIpc) is 2.48. The molecule has 1 aromatic carbocycles. The summed E-state index contributed by atoms with van der Waals surface area (Å²) in [6.07, 6.45) is 4.39. The number of halogens is 1. The number of likely N-dealkylation sites (tertiary alicyclic amines) is 1. The summed E-state index contributed by atoms with van der Waals surface area (Å²) < 4.78 is 13.3. The van der Waals surface area contributed by atoms with E-state index in [0.29, 0.717) is 6.04 Å². The number of piperidine rings is 1. The van der Waals surface area contributed by atoms with Gasteiger partial charge in [0.25, 0.3) is 0 Å². The Morgan fingerprint density at radius 2 is 2.14 bits per heavy atom. The quantitative estimate of drug-likeness (QED) is 0.861. The molecular weight excluding hydrogens is 265 g/mol. The van der Waals surface area contributed by atoms with Gasteiger partial charge >= 0.3 is 0 Å². The van der Waals surface area contributed by atoms with Gasteiger partial charge in [0.05, 0.1) is 5.56 Å². The van der Waals surface area contributed by atoms with E-state index in [-0.39, 0.29) is 5.56 Å². The molecule has 1 saturated heterocycles. The molecule has 112 valence electrons. The second-order valence-corrected chi connectivity index (χ2v) is 5.81. The number of hydrogen-bond acceptors (Lipinski definition) is 3. The first-order valence-electron chi connectivity index (χ1n) is 7.40. The fourth-order valence-corrected chi connectivity index (χ4v) is 2.51. The van der Waals surface area contributed by atoms with Crippen molar-refractivity contribution in [3.63, 3.8) is 0 Å². The highest BCUT2D eigenvalue weighted by molar-refractivity contribution is 5.50. The maximum atomic E-state index is 13.3. The highest BCUT2D eigenvalue weighted by atomic mass is 19.1. The van der Waals surface area contributed by atoms with Gasteiger partial charge in [0.1, 0.15) is 11.9 Å². The van der Waals surface area contributed by atoms with Gasteiger partial charge in [-0.25, -0.2) is 4.39 Å². The fraction of sp³-hybridized carbons (Fsp3) is 0.471. The summed E-state index contributed by atoms with van der Waals surface area (Å²) in [5, 5.41) is 12.3. The molecule has 1 N–H and O–H groups in total. The van der Waals surface area contributed by atoms with E-state index in [2.05, 4.69) is 30.1 Å². The molecule has 21 heavy (non-hydrogen) atoms. The van der Waals surface area contributed by atoms with Crippen molar-refractivity contribution in [2.75, 3.05) is 25.0 Å². The third-order valence-electron chi connectivity index (χ3n) is 3.80. The van der Waals surface area contributed by atoms with Gasteiger partial charge < -0.3 is 5.32 Å². The van der Waals surface area contributed by atoms with Crippen molar-refractivity contribution in [3.05, 3.63) is 41.2 Å². The molecule has 1 aromatic rings. The van der Waals surface area contributed by atoms with Crippen LogP contribution in [-0.2, 0) is 0 Å². The molecule has 3 nitrogen and oxygen atoms in total. The van der Waals surface area contributed by atoms with E-state index in [1.165, 1.54) is 11.6 Å². The largest absolute Gasteiger partial charge is 0.382 e. The van der Waals surface area contributed by atoms with Gasteiger partial charge in [0.2, 0.25) is 0 Å². The first-order valence-corrected chi connectivity index (χ1v) is 7.40. The predicted molar refractivity (Wildman–Crippen MR) is 83.6 cm³/mol. The van der Waals surface area contributed by atoms with Crippen LogP contribution in [0, 0.1) is 17.1 Å². The van der Waals surface area contributed by atoms with E-state index in [1.54, 1.807) is 12.1 Å². The SMILES string of the molecule is CC(C)=CCN1CCC(Nc2ccc(F)c(C#N)c2)CC1. The molecular formula is C17H22FN3. The number of nitrogens with zero attached hydrogens (tertiary/aromatic N) is 2. The van der Waals surface area contributed by atoms with Crippen molar-refractivity contribution >= 4 is 5.69 Å². The van der Waals surface area contributed by atoms with Crippen LogP contribution >= 0.6 is 0 Å². The third-order valence-corrected chi connectivity index (χ3v) is 3.80. The summed E-state index contributed by atoms with van der Waals surface area (Å²) in [6, 6.07) is 6.91. The summed E-state index contributed by atoms with van der Waals surface area (Å²) in [5.41, 5.74) is 2.28. The van der Waals surface area contributed by atoms with Crippen molar-refractivity contribution in [1.82, 2.24) is 4.90 Å². The Kier molecular flexibility index (Phi) is 5.35. The van der Waals surface area contributed by atoms with Crippen molar-refractivity contribution in [2.24, 2.45) is 0 Å². The van der Waals surface area contributed by atoms with E-state index in [4.69, 9.17) is 5.26 Å². The lowest BCUT2D eigenvalue weighted by Crippen LogP contribution is -2.39. The Morgan fingerprint density at radius 1 is 1.43 bits per heavy atom. The molecule has 0 atom stereocenters. The van der Waals surface area contributed by atoms with Crippen LogP contribution in [-0.4, -0.2) is 30.6 Å². The molecule has 0 bridgehead atoms. The minimum absolute atomic E-state index is 0.0981. The normalized spacial score (nSPS) is 16.3. The van der Waals surface area contributed by atoms with E-state index in [1.807, 2.05) is 6.07 Å². The summed E-state index contributed by atoms with van der Waals surface area (Å²) in [4.78, 5) is 2.44. The van der Waals surface area contributed by atoms with Crippen LogP contribution < -0.4 is 5.32 Å². The molecule has 0 amide bonds. The lowest BCUT2D eigenvalue weighted by molar-refractivity contribution is 0.240. The number of nitrogens with one attached hydrogen (secondary N) is 1. The van der Waals surface area contributed by atoms with Crippen molar-refractivity contribution in [3.8, 4) is 6.07 Å². The summed E-state index contributed by atoms with van der Waals surface area (Å²) in [7, 11) is 0. The molecule has 1 aliphatic rings. The number of benzene rings is 1. The molecule has 4 heteroatoms. The maximum absolute atomic E-state index is 13.3. The van der Waals surface area contributed by atoms with Crippen LogP contribution in [0.4, 0.5) is 10.1 Å².